The van der Waals surface area contributed by atoms with Gasteiger partial charge in [0.2, 0.25) is 10.0 Å². The molecule has 0 bridgehead atoms. The van der Waals surface area contributed by atoms with Crippen molar-refractivity contribution in [2.24, 2.45) is 5.92 Å². The Labute approximate surface area is 136 Å². The van der Waals surface area contributed by atoms with Crippen LogP contribution in [0.3, 0.4) is 0 Å². The van der Waals surface area contributed by atoms with E-state index in [0.29, 0.717) is 6.42 Å². The minimum absolute atomic E-state index is 0.0284. The number of hydrogen-bond acceptors (Lipinski definition) is 5. The van der Waals surface area contributed by atoms with Crippen LogP contribution >= 0.6 is 11.6 Å². The first-order chi connectivity index (χ1) is 10.1. The van der Waals surface area contributed by atoms with E-state index in [0.717, 1.165) is 0 Å². The van der Waals surface area contributed by atoms with Crippen molar-refractivity contribution in [1.29, 1.82) is 0 Å². The van der Waals surface area contributed by atoms with E-state index in [1.165, 1.54) is 22.6 Å². The standard InChI is InChI=1S/C13H19ClN2O4S2/c1-10(2)8-16(11-5-6-21(17,18)9-11)22(19,20)12-3-4-13(14)15-7-12/h3-4,7,10-11H,5-6,8-9H2,1-2H3. The summed E-state index contributed by atoms with van der Waals surface area (Å²) in [6, 6.07) is 2.28. The summed E-state index contributed by atoms with van der Waals surface area (Å²) in [4.78, 5) is 3.83. The zero-order valence-corrected chi connectivity index (χ0v) is 14.8. The Kier molecular flexibility index (Phi) is 5.16. The number of aromatic nitrogens is 1. The minimum Gasteiger partial charge on any atom is -0.243 e. The Morgan fingerprint density at radius 1 is 1.41 bits per heavy atom. The largest absolute Gasteiger partial charge is 0.244 e. The Morgan fingerprint density at radius 2 is 2.09 bits per heavy atom. The molecule has 1 aromatic heterocycles. The molecule has 0 N–H and O–H groups in total. The van der Waals surface area contributed by atoms with E-state index in [1.54, 1.807) is 0 Å². The van der Waals surface area contributed by atoms with Crippen LogP contribution in [0.25, 0.3) is 0 Å². The van der Waals surface area contributed by atoms with Crippen LogP contribution in [0.5, 0.6) is 0 Å². The van der Waals surface area contributed by atoms with E-state index in [4.69, 9.17) is 11.6 Å². The van der Waals surface area contributed by atoms with Crippen molar-refractivity contribution in [2.45, 2.75) is 31.2 Å². The van der Waals surface area contributed by atoms with E-state index < -0.39 is 25.9 Å². The highest BCUT2D eigenvalue weighted by Gasteiger charge is 2.39. The third kappa shape index (κ3) is 3.98. The van der Waals surface area contributed by atoms with Gasteiger partial charge in [0.05, 0.1) is 11.5 Å². The maximum absolute atomic E-state index is 12.8. The van der Waals surface area contributed by atoms with E-state index in [-0.39, 0.29) is 34.0 Å². The van der Waals surface area contributed by atoms with Crippen molar-refractivity contribution in [2.75, 3.05) is 18.1 Å². The Hall–Kier alpha value is -0.700. The summed E-state index contributed by atoms with van der Waals surface area (Å²) in [5.74, 6) is -0.0148. The normalized spacial score (nSPS) is 21.6. The van der Waals surface area contributed by atoms with Gasteiger partial charge in [0.25, 0.3) is 0 Å². The monoisotopic (exact) mass is 366 g/mol. The second kappa shape index (κ2) is 6.43. The molecular formula is C13H19ClN2O4S2. The molecule has 1 aliphatic heterocycles. The van der Waals surface area contributed by atoms with Crippen LogP contribution in [-0.4, -0.2) is 50.2 Å². The predicted octanol–water partition coefficient (Wildman–Crippen LogP) is 1.57. The molecule has 1 fully saturated rings. The fourth-order valence-corrected chi connectivity index (χ4v) is 6.16. The fourth-order valence-electron chi connectivity index (χ4n) is 2.46. The lowest BCUT2D eigenvalue weighted by atomic mass is 10.2. The molecule has 0 radical (unpaired) electrons. The number of rotatable bonds is 5. The second-order valence-electron chi connectivity index (χ2n) is 5.84. The molecule has 1 atom stereocenters. The first-order valence-corrected chi connectivity index (χ1v) is 10.6. The Bertz CT molecular complexity index is 730. The van der Waals surface area contributed by atoms with Crippen molar-refractivity contribution in [1.82, 2.24) is 9.29 Å². The quantitative estimate of drug-likeness (QED) is 0.738. The highest BCUT2D eigenvalue weighted by atomic mass is 35.5. The zero-order chi connectivity index (χ0) is 16.5. The second-order valence-corrected chi connectivity index (χ2v) is 10.3. The lowest BCUT2D eigenvalue weighted by Crippen LogP contribution is -2.43. The third-order valence-corrected chi connectivity index (χ3v) is 7.34. The van der Waals surface area contributed by atoms with E-state index in [2.05, 4.69) is 4.98 Å². The van der Waals surface area contributed by atoms with Gasteiger partial charge >= 0.3 is 0 Å². The first-order valence-electron chi connectivity index (χ1n) is 6.95. The van der Waals surface area contributed by atoms with Crippen LogP contribution in [0.2, 0.25) is 5.15 Å². The maximum atomic E-state index is 12.8. The first kappa shape index (κ1) is 17.7. The number of halogens is 1. The summed E-state index contributed by atoms with van der Waals surface area (Å²) < 4.78 is 50.3. The summed E-state index contributed by atoms with van der Waals surface area (Å²) >= 11 is 5.69. The van der Waals surface area contributed by atoms with Gasteiger partial charge < -0.3 is 0 Å². The Balaban J connectivity index is 2.38. The highest BCUT2D eigenvalue weighted by Crippen LogP contribution is 2.26. The summed E-state index contributed by atoms with van der Waals surface area (Å²) in [6.07, 6.45) is 1.53. The van der Waals surface area contributed by atoms with E-state index in [9.17, 15) is 16.8 Å². The van der Waals surface area contributed by atoms with Crippen molar-refractivity contribution >= 4 is 31.5 Å². The number of nitrogens with zero attached hydrogens (tertiary/aromatic N) is 2. The van der Waals surface area contributed by atoms with Crippen LogP contribution in [0.15, 0.2) is 23.2 Å². The molecule has 1 unspecified atom stereocenters. The summed E-state index contributed by atoms with van der Waals surface area (Å²) in [6.45, 7) is 4.06. The maximum Gasteiger partial charge on any atom is 0.244 e. The van der Waals surface area contributed by atoms with Gasteiger partial charge in [-0.2, -0.15) is 4.31 Å². The molecule has 2 heterocycles. The molecule has 0 aromatic carbocycles. The molecule has 0 amide bonds. The van der Waals surface area contributed by atoms with E-state index >= 15 is 0 Å². The SMILES string of the molecule is CC(C)CN(C1CCS(=O)(=O)C1)S(=O)(=O)c1ccc(Cl)nc1. The molecule has 0 spiro atoms. The fraction of sp³-hybridized carbons (Fsp3) is 0.615. The molecule has 1 aliphatic rings. The average molecular weight is 367 g/mol. The lowest BCUT2D eigenvalue weighted by molar-refractivity contribution is 0.307. The molecule has 1 saturated heterocycles. The van der Waals surface area contributed by atoms with Crippen LogP contribution in [0.1, 0.15) is 20.3 Å². The summed E-state index contributed by atoms with van der Waals surface area (Å²) in [5.41, 5.74) is 0. The number of sulfone groups is 1. The van der Waals surface area contributed by atoms with Gasteiger partial charge in [-0.05, 0) is 24.5 Å². The molecular weight excluding hydrogens is 348 g/mol. The van der Waals surface area contributed by atoms with Crippen LogP contribution in [0.4, 0.5) is 0 Å². The highest BCUT2D eigenvalue weighted by molar-refractivity contribution is 7.92. The van der Waals surface area contributed by atoms with Gasteiger partial charge in [-0.1, -0.05) is 25.4 Å². The molecule has 9 heteroatoms. The molecule has 0 saturated carbocycles. The Morgan fingerprint density at radius 3 is 2.55 bits per heavy atom. The van der Waals surface area contributed by atoms with Gasteiger partial charge in [-0.15, -0.1) is 0 Å². The summed E-state index contributed by atoms with van der Waals surface area (Å²) in [7, 11) is -6.97. The molecule has 124 valence electrons. The van der Waals surface area contributed by atoms with Crippen molar-refractivity contribution in [3.8, 4) is 0 Å². The number of hydrogen-bond donors (Lipinski definition) is 0. The van der Waals surface area contributed by atoms with Crippen molar-refractivity contribution < 1.29 is 16.8 Å². The van der Waals surface area contributed by atoms with E-state index in [1.807, 2.05) is 13.8 Å². The van der Waals surface area contributed by atoms with Crippen LogP contribution in [-0.2, 0) is 19.9 Å². The predicted molar refractivity (Wildman–Crippen MR) is 85.0 cm³/mol. The van der Waals surface area contributed by atoms with Crippen LogP contribution < -0.4 is 0 Å². The number of sulfonamides is 1. The summed E-state index contributed by atoms with van der Waals surface area (Å²) in [5, 5.41) is 0.206. The van der Waals surface area contributed by atoms with Gasteiger partial charge in [0.1, 0.15) is 10.0 Å². The molecule has 0 aliphatic carbocycles. The molecule has 22 heavy (non-hydrogen) atoms. The lowest BCUT2D eigenvalue weighted by Gasteiger charge is -2.28. The molecule has 1 aromatic rings. The minimum atomic E-state index is -3.80. The third-order valence-electron chi connectivity index (χ3n) is 3.47. The smallest absolute Gasteiger partial charge is 0.243 e. The van der Waals surface area contributed by atoms with Gasteiger partial charge in [0, 0.05) is 18.8 Å². The average Bonchev–Trinajstić information content (AvgIpc) is 2.76. The number of pyridine rings is 1. The van der Waals surface area contributed by atoms with Gasteiger partial charge in [-0.3, -0.25) is 0 Å². The molecule has 6 nitrogen and oxygen atoms in total. The topological polar surface area (TPSA) is 84.4 Å². The van der Waals surface area contributed by atoms with Crippen molar-refractivity contribution in [3.05, 3.63) is 23.5 Å². The molecule has 2 rings (SSSR count). The van der Waals surface area contributed by atoms with Gasteiger partial charge in [-0.25, -0.2) is 21.8 Å². The zero-order valence-electron chi connectivity index (χ0n) is 12.4. The van der Waals surface area contributed by atoms with Crippen LogP contribution in [0, 0.1) is 5.92 Å². The van der Waals surface area contributed by atoms with Crippen molar-refractivity contribution in [3.63, 3.8) is 0 Å². The van der Waals surface area contributed by atoms with Gasteiger partial charge in [0.15, 0.2) is 9.84 Å².